The van der Waals surface area contributed by atoms with Crippen molar-refractivity contribution < 1.29 is 14.3 Å². The number of methoxy groups -OCH3 is 1. The Bertz CT molecular complexity index is 764. The maximum Gasteiger partial charge on any atom is 0.253 e. The summed E-state index contributed by atoms with van der Waals surface area (Å²) in [4.78, 5) is 28.4. The third kappa shape index (κ3) is 4.22. The number of amides is 1. The van der Waals surface area contributed by atoms with Crippen molar-refractivity contribution in [3.8, 4) is 10.4 Å². The van der Waals surface area contributed by atoms with Gasteiger partial charge in [-0.05, 0) is 48.6 Å². The largest absolute Gasteiger partial charge is 0.384 e. The first-order valence-electron chi connectivity index (χ1n) is 9.14. The van der Waals surface area contributed by atoms with Crippen molar-refractivity contribution in [2.75, 3.05) is 26.8 Å². The standard InChI is InChI=1S/C21H25NO3S/c1-3-18(23)20-11-10-19(26-20)16-6-8-17(9-7-16)21(24)22-12-4-5-15(13-22)14-25-2/h6-11,15H,3-5,12-14H2,1-2H3/t15-/m0/s1. The molecule has 1 aromatic heterocycles. The molecule has 0 radical (unpaired) electrons. The van der Waals surface area contributed by atoms with Crippen LogP contribution in [0, 0.1) is 5.92 Å². The van der Waals surface area contributed by atoms with Gasteiger partial charge in [-0.1, -0.05) is 19.1 Å². The predicted octanol–water partition coefficient (Wildman–Crippen LogP) is 4.51. The molecule has 0 unspecified atom stereocenters. The highest BCUT2D eigenvalue weighted by atomic mass is 32.1. The zero-order valence-electron chi connectivity index (χ0n) is 15.4. The van der Waals surface area contributed by atoms with Gasteiger partial charge in [-0.3, -0.25) is 9.59 Å². The van der Waals surface area contributed by atoms with Crippen LogP contribution < -0.4 is 0 Å². The Morgan fingerprint density at radius 3 is 2.65 bits per heavy atom. The van der Waals surface area contributed by atoms with Gasteiger partial charge in [-0.15, -0.1) is 11.3 Å². The second-order valence-corrected chi connectivity index (χ2v) is 7.82. The van der Waals surface area contributed by atoms with E-state index in [9.17, 15) is 9.59 Å². The quantitative estimate of drug-likeness (QED) is 0.702. The van der Waals surface area contributed by atoms with E-state index >= 15 is 0 Å². The Morgan fingerprint density at radius 2 is 1.96 bits per heavy atom. The van der Waals surface area contributed by atoms with Crippen molar-refractivity contribution in [1.29, 1.82) is 0 Å². The van der Waals surface area contributed by atoms with Crippen LogP contribution in [0.5, 0.6) is 0 Å². The van der Waals surface area contributed by atoms with Crippen LogP contribution in [0.1, 0.15) is 46.2 Å². The molecule has 1 atom stereocenters. The van der Waals surface area contributed by atoms with E-state index in [-0.39, 0.29) is 11.7 Å². The number of benzene rings is 1. The Balaban J connectivity index is 1.70. The summed E-state index contributed by atoms with van der Waals surface area (Å²) in [5.74, 6) is 0.687. The van der Waals surface area contributed by atoms with Crippen LogP contribution in [-0.4, -0.2) is 43.4 Å². The molecule has 0 bridgehead atoms. The van der Waals surface area contributed by atoms with Crippen molar-refractivity contribution >= 4 is 23.0 Å². The maximum absolute atomic E-state index is 12.8. The number of piperidine rings is 1. The topological polar surface area (TPSA) is 46.6 Å². The van der Waals surface area contributed by atoms with Crippen LogP contribution in [0.3, 0.4) is 0 Å². The van der Waals surface area contributed by atoms with Gasteiger partial charge < -0.3 is 9.64 Å². The number of ketones is 1. The highest BCUT2D eigenvalue weighted by Crippen LogP contribution is 2.29. The van der Waals surface area contributed by atoms with E-state index < -0.39 is 0 Å². The maximum atomic E-state index is 12.8. The van der Waals surface area contributed by atoms with Crippen LogP contribution in [0.25, 0.3) is 10.4 Å². The number of thiophene rings is 1. The second kappa shape index (κ2) is 8.60. The van der Waals surface area contributed by atoms with Gasteiger partial charge in [0.1, 0.15) is 0 Å². The lowest BCUT2D eigenvalue weighted by Crippen LogP contribution is -2.41. The molecule has 138 valence electrons. The Hall–Kier alpha value is -1.98. The van der Waals surface area contributed by atoms with Gasteiger partial charge >= 0.3 is 0 Å². The second-order valence-electron chi connectivity index (χ2n) is 6.73. The molecule has 2 aromatic rings. The minimum atomic E-state index is 0.0883. The summed E-state index contributed by atoms with van der Waals surface area (Å²) >= 11 is 1.51. The first-order valence-corrected chi connectivity index (χ1v) is 9.95. The van der Waals surface area contributed by atoms with Crippen molar-refractivity contribution in [2.24, 2.45) is 5.92 Å². The summed E-state index contributed by atoms with van der Waals surface area (Å²) in [7, 11) is 1.71. The molecular formula is C21H25NO3S. The Kier molecular flexibility index (Phi) is 6.22. The average Bonchev–Trinajstić information content (AvgIpc) is 3.17. The number of Topliss-reactive ketones (excluding diaryl/α,β-unsaturated/α-hetero) is 1. The van der Waals surface area contributed by atoms with Crippen LogP contribution >= 0.6 is 11.3 Å². The van der Waals surface area contributed by atoms with E-state index in [0.717, 1.165) is 41.2 Å². The molecule has 1 aromatic carbocycles. The summed E-state index contributed by atoms with van der Waals surface area (Å²) in [5.41, 5.74) is 1.76. The summed E-state index contributed by atoms with van der Waals surface area (Å²) in [6, 6.07) is 11.6. The number of hydrogen-bond donors (Lipinski definition) is 0. The number of ether oxygens (including phenoxy) is 1. The molecule has 5 heteroatoms. The molecule has 1 fully saturated rings. The van der Waals surface area contributed by atoms with Gasteiger partial charge in [-0.25, -0.2) is 0 Å². The summed E-state index contributed by atoms with van der Waals surface area (Å²) in [5, 5.41) is 0. The van der Waals surface area contributed by atoms with Crippen LogP contribution in [0.15, 0.2) is 36.4 Å². The zero-order chi connectivity index (χ0) is 18.5. The molecule has 1 aliphatic rings. The molecule has 1 aliphatic heterocycles. The van der Waals surface area contributed by atoms with Gasteiger partial charge in [0.25, 0.3) is 5.91 Å². The molecule has 3 rings (SSSR count). The van der Waals surface area contributed by atoms with Crippen LogP contribution in [-0.2, 0) is 4.74 Å². The van der Waals surface area contributed by atoms with Crippen LogP contribution in [0.4, 0.5) is 0 Å². The van der Waals surface area contributed by atoms with Gasteiger partial charge in [0.15, 0.2) is 5.78 Å². The van der Waals surface area contributed by atoms with Gasteiger partial charge in [-0.2, -0.15) is 0 Å². The first-order chi connectivity index (χ1) is 12.6. The highest BCUT2D eigenvalue weighted by Gasteiger charge is 2.24. The third-order valence-corrected chi connectivity index (χ3v) is 6.00. The van der Waals surface area contributed by atoms with E-state index in [1.807, 2.05) is 48.2 Å². The molecule has 0 saturated carbocycles. The predicted molar refractivity (Wildman–Crippen MR) is 105 cm³/mol. The third-order valence-electron chi connectivity index (χ3n) is 4.83. The van der Waals surface area contributed by atoms with Crippen LogP contribution in [0.2, 0.25) is 0 Å². The zero-order valence-corrected chi connectivity index (χ0v) is 16.2. The molecule has 4 nitrogen and oxygen atoms in total. The van der Waals surface area contributed by atoms with Gasteiger partial charge in [0, 0.05) is 37.1 Å². The minimum absolute atomic E-state index is 0.0883. The average molecular weight is 372 g/mol. The Morgan fingerprint density at radius 1 is 1.19 bits per heavy atom. The molecule has 0 spiro atoms. The summed E-state index contributed by atoms with van der Waals surface area (Å²) in [6.45, 7) is 4.16. The fourth-order valence-electron chi connectivity index (χ4n) is 3.40. The normalized spacial score (nSPS) is 17.3. The fraction of sp³-hybridized carbons (Fsp3) is 0.429. The lowest BCUT2D eigenvalue weighted by molar-refractivity contribution is 0.0571. The van der Waals surface area contributed by atoms with E-state index in [1.54, 1.807) is 7.11 Å². The highest BCUT2D eigenvalue weighted by molar-refractivity contribution is 7.17. The minimum Gasteiger partial charge on any atom is -0.384 e. The van der Waals surface area contributed by atoms with E-state index in [4.69, 9.17) is 4.74 Å². The lowest BCUT2D eigenvalue weighted by atomic mass is 9.98. The smallest absolute Gasteiger partial charge is 0.253 e. The number of hydrogen-bond acceptors (Lipinski definition) is 4. The van der Waals surface area contributed by atoms with Gasteiger partial charge in [0.05, 0.1) is 11.5 Å². The van der Waals surface area contributed by atoms with Crippen molar-refractivity contribution in [2.45, 2.75) is 26.2 Å². The van der Waals surface area contributed by atoms with E-state index in [0.29, 0.717) is 24.5 Å². The summed E-state index contributed by atoms with van der Waals surface area (Å²) in [6.07, 6.45) is 2.67. The molecule has 2 heterocycles. The molecular weight excluding hydrogens is 346 g/mol. The van der Waals surface area contributed by atoms with Gasteiger partial charge in [0.2, 0.25) is 0 Å². The van der Waals surface area contributed by atoms with Crippen molar-refractivity contribution in [1.82, 2.24) is 4.90 Å². The molecule has 1 amide bonds. The van der Waals surface area contributed by atoms with E-state index in [1.165, 1.54) is 11.3 Å². The number of carbonyl (C=O) groups excluding carboxylic acids is 2. The lowest BCUT2D eigenvalue weighted by Gasteiger charge is -2.32. The number of rotatable bonds is 6. The van der Waals surface area contributed by atoms with Crippen molar-refractivity contribution in [3.63, 3.8) is 0 Å². The Labute approximate surface area is 158 Å². The fourth-order valence-corrected chi connectivity index (χ4v) is 4.42. The first kappa shape index (κ1) is 18.8. The molecule has 0 aliphatic carbocycles. The van der Waals surface area contributed by atoms with E-state index in [2.05, 4.69) is 0 Å². The molecule has 1 saturated heterocycles. The number of nitrogens with zero attached hydrogens (tertiary/aromatic N) is 1. The summed E-state index contributed by atoms with van der Waals surface area (Å²) < 4.78 is 5.25. The number of carbonyl (C=O) groups is 2. The molecule has 26 heavy (non-hydrogen) atoms. The molecule has 0 N–H and O–H groups in total. The number of likely N-dealkylation sites (tertiary alicyclic amines) is 1. The monoisotopic (exact) mass is 371 g/mol. The van der Waals surface area contributed by atoms with Crippen molar-refractivity contribution in [3.05, 3.63) is 46.8 Å². The SMILES string of the molecule is CCC(=O)c1ccc(-c2ccc(C(=O)N3CCC[C@H](COC)C3)cc2)s1.